The van der Waals surface area contributed by atoms with Gasteiger partial charge in [-0.25, -0.2) is 4.39 Å². The first-order valence-electron chi connectivity index (χ1n) is 8.32. The van der Waals surface area contributed by atoms with E-state index in [4.69, 9.17) is 0 Å². The Morgan fingerprint density at radius 2 is 1.37 bits per heavy atom. The van der Waals surface area contributed by atoms with Gasteiger partial charge in [0.1, 0.15) is 11.5 Å². The molecule has 134 valence electrons. The fraction of sp³-hybridized carbons (Fsp3) is 0. The van der Waals surface area contributed by atoms with Crippen molar-refractivity contribution in [1.29, 1.82) is 0 Å². The Balaban J connectivity index is 1.90. The Labute approximate surface area is 156 Å². The van der Waals surface area contributed by atoms with Crippen molar-refractivity contribution in [3.8, 4) is 0 Å². The molecule has 0 spiro atoms. The molecule has 2 N–H and O–H groups in total. The zero-order valence-corrected chi connectivity index (χ0v) is 14.4. The van der Waals surface area contributed by atoms with Gasteiger partial charge < -0.3 is 10.6 Å². The molecule has 0 fully saturated rings. The summed E-state index contributed by atoms with van der Waals surface area (Å²) in [5.74, 6) is -1.49. The van der Waals surface area contributed by atoms with Gasteiger partial charge in [0.15, 0.2) is 0 Å². The van der Waals surface area contributed by atoms with Crippen LogP contribution in [-0.2, 0) is 4.79 Å². The predicted molar refractivity (Wildman–Crippen MR) is 103 cm³/mol. The number of amides is 2. The molecule has 27 heavy (non-hydrogen) atoms. The van der Waals surface area contributed by atoms with E-state index in [1.807, 2.05) is 6.07 Å². The number of hydrogen-bond acceptors (Lipinski definition) is 2. The first-order chi connectivity index (χ1) is 13.1. The van der Waals surface area contributed by atoms with Crippen LogP contribution in [0.4, 0.5) is 10.1 Å². The summed E-state index contributed by atoms with van der Waals surface area (Å²) < 4.78 is 14.0. The van der Waals surface area contributed by atoms with Crippen molar-refractivity contribution in [2.45, 2.75) is 0 Å². The van der Waals surface area contributed by atoms with Crippen LogP contribution in [0.2, 0.25) is 0 Å². The number of anilines is 1. The van der Waals surface area contributed by atoms with Crippen LogP contribution in [0.5, 0.6) is 0 Å². The lowest BCUT2D eigenvalue weighted by molar-refractivity contribution is -0.113. The van der Waals surface area contributed by atoms with E-state index in [9.17, 15) is 14.0 Å². The Morgan fingerprint density at radius 1 is 0.778 bits per heavy atom. The standard InChI is InChI=1S/C22H17FN2O2/c23-19-14-8-7-11-17(19)15-20(22(27)24-18-12-5-2-6-13-18)25-21(26)16-9-3-1-4-10-16/h1-15H,(H,24,27)(H,25,26)/b20-15-. The quantitative estimate of drug-likeness (QED) is 0.669. The van der Waals surface area contributed by atoms with E-state index in [0.717, 1.165) is 0 Å². The van der Waals surface area contributed by atoms with Crippen LogP contribution < -0.4 is 10.6 Å². The molecule has 0 aliphatic rings. The highest BCUT2D eigenvalue weighted by molar-refractivity contribution is 6.10. The van der Waals surface area contributed by atoms with Gasteiger partial charge in [0, 0.05) is 16.8 Å². The molecular weight excluding hydrogens is 343 g/mol. The lowest BCUT2D eigenvalue weighted by atomic mass is 10.1. The van der Waals surface area contributed by atoms with E-state index in [1.54, 1.807) is 66.7 Å². The maximum atomic E-state index is 14.0. The molecule has 0 aromatic heterocycles. The summed E-state index contributed by atoms with van der Waals surface area (Å²) in [6.45, 7) is 0. The van der Waals surface area contributed by atoms with Crippen molar-refractivity contribution >= 4 is 23.6 Å². The molecule has 2 amide bonds. The molecule has 3 aromatic carbocycles. The highest BCUT2D eigenvalue weighted by Crippen LogP contribution is 2.13. The summed E-state index contributed by atoms with van der Waals surface area (Å²) in [5, 5.41) is 5.27. The molecule has 0 bridgehead atoms. The first kappa shape index (κ1) is 18.1. The smallest absolute Gasteiger partial charge is 0.272 e. The van der Waals surface area contributed by atoms with Crippen LogP contribution in [-0.4, -0.2) is 11.8 Å². The Bertz CT molecular complexity index is 970. The van der Waals surface area contributed by atoms with Gasteiger partial charge >= 0.3 is 0 Å². The monoisotopic (exact) mass is 360 g/mol. The minimum Gasteiger partial charge on any atom is -0.321 e. The summed E-state index contributed by atoms with van der Waals surface area (Å²) in [6, 6.07) is 23.3. The zero-order chi connectivity index (χ0) is 19.1. The van der Waals surface area contributed by atoms with Crippen LogP contribution in [0.25, 0.3) is 6.08 Å². The molecule has 0 saturated heterocycles. The van der Waals surface area contributed by atoms with E-state index in [1.165, 1.54) is 18.2 Å². The van der Waals surface area contributed by atoms with Crippen LogP contribution in [0.3, 0.4) is 0 Å². The second-order valence-corrected chi connectivity index (χ2v) is 5.72. The zero-order valence-electron chi connectivity index (χ0n) is 14.4. The summed E-state index contributed by atoms with van der Waals surface area (Å²) in [6.07, 6.45) is 1.31. The van der Waals surface area contributed by atoms with Crippen molar-refractivity contribution in [2.75, 3.05) is 5.32 Å². The number of para-hydroxylation sites is 1. The first-order valence-corrected chi connectivity index (χ1v) is 8.32. The Morgan fingerprint density at radius 3 is 2.04 bits per heavy atom. The molecule has 3 aromatic rings. The normalized spacial score (nSPS) is 10.9. The van der Waals surface area contributed by atoms with Gasteiger partial charge in [0.2, 0.25) is 0 Å². The molecule has 0 saturated carbocycles. The van der Waals surface area contributed by atoms with Gasteiger partial charge in [-0.2, -0.15) is 0 Å². The van der Waals surface area contributed by atoms with Crippen LogP contribution in [0, 0.1) is 5.82 Å². The predicted octanol–water partition coefficient (Wildman–Crippen LogP) is 4.24. The number of nitrogens with one attached hydrogen (secondary N) is 2. The van der Waals surface area contributed by atoms with Crippen molar-refractivity contribution in [3.05, 3.63) is 108 Å². The van der Waals surface area contributed by atoms with E-state index < -0.39 is 17.6 Å². The summed E-state index contributed by atoms with van der Waals surface area (Å²) in [7, 11) is 0. The highest BCUT2D eigenvalue weighted by Gasteiger charge is 2.15. The molecule has 5 heteroatoms. The maximum Gasteiger partial charge on any atom is 0.272 e. The van der Waals surface area contributed by atoms with Gasteiger partial charge in [-0.1, -0.05) is 54.6 Å². The van der Waals surface area contributed by atoms with E-state index in [2.05, 4.69) is 10.6 Å². The lowest BCUT2D eigenvalue weighted by Crippen LogP contribution is -2.30. The number of carbonyl (C=O) groups excluding carboxylic acids is 2. The molecule has 0 aliphatic heterocycles. The molecule has 0 heterocycles. The van der Waals surface area contributed by atoms with E-state index in [0.29, 0.717) is 11.3 Å². The molecular formula is C22H17FN2O2. The van der Waals surface area contributed by atoms with E-state index in [-0.39, 0.29) is 11.3 Å². The van der Waals surface area contributed by atoms with Gasteiger partial charge in [0.25, 0.3) is 11.8 Å². The van der Waals surface area contributed by atoms with Crippen LogP contribution >= 0.6 is 0 Å². The van der Waals surface area contributed by atoms with Crippen LogP contribution in [0.15, 0.2) is 90.6 Å². The lowest BCUT2D eigenvalue weighted by Gasteiger charge is -2.11. The fourth-order valence-electron chi connectivity index (χ4n) is 2.41. The third kappa shape index (κ3) is 4.89. The third-order valence-electron chi connectivity index (χ3n) is 3.77. The number of halogens is 1. The Kier molecular flexibility index (Phi) is 5.74. The second-order valence-electron chi connectivity index (χ2n) is 5.72. The number of rotatable bonds is 5. The van der Waals surface area contributed by atoms with Crippen molar-refractivity contribution < 1.29 is 14.0 Å². The maximum absolute atomic E-state index is 14.0. The minimum absolute atomic E-state index is 0.0576. The van der Waals surface area contributed by atoms with E-state index >= 15 is 0 Å². The molecule has 0 atom stereocenters. The van der Waals surface area contributed by atoms with Gasteiger partial charge in [-0.15, -0.1) is 0 Å². The van der Waals surface area contributed by atoms with Gasteiger partial charge in [0.05, 0.1) is 0 Å². The summed E-state index contributed by atoms with van der Waals surface area (Å²) >= 11 is 0. The minimum atomic E-state index is -0.547. The van der Waals surface area contributed by atoms with Crippen molar-refractivity contribution in [3.63, 3.8) is 0 Å². The van der Waals surface area contributed by atoms with Gasteiger partial charge in [-0.05, 0) is 36.4 Å². The average molecular weight is 360 g/mol. The van der Waals surface area contributed by atoms with Crippen molar-refractivity contribution in [1.82, 2.24) is 5.32 Å². The number of benzene rings is 3. The van der Waals surface area contributed by atoms with Crippen molar-refractivity contribution in [2.24, 2.45) is 0 Å². The summed E-state index contributed by atoms with van der Waals surface area (Å²) in [5.41, 5.74) is 1.10. The molecule has 0 radical (unpaired) electrons. The molecule has 3 rings (SSSR count). The Hall–Kier alpha value is -3.73. The number of carbonyl (C=O) groups is 2. The largest absolute Gasteiger partial charge is 0.321 e. The highest BCUT2D eigenvalue weighted by atomic mass is 19.1. The second kappa shape index (κ2) is 8.58. The fourth-order valence-corrected chi connectivity index (χ4v) is 2.41. The third-order valence-corrected chi connectivity index (χ3v) is 3.77. The summed E-state index contributed by atoms with van der Waals surface area (Å²) in [4.78, 5) is 25.1. The average Bonchev–Trinajstić information content (AvgIpc) is 2.70. The molecule has 0 aliphatic carbocycles. The molecule has 4 nitrogen and oxygen atoms in total. The van der Waals surface area contributed by atoms with Gasteiger partial charge in [-0.3, -0.25) is 9.59 Å². The number of hydrogen-bond donors (Lipinski definition) is 2. The topological polar surface area (TPSA) is 58.2 Å². The molecule has 0 unspecified atom stereocenters. The van der Waals surface area contributed by atoms with Crippen LogP contribution in [0.1, 0.15) is 15.9 Å². The SMILES string of the molecule is O=C(Nc1ccccc1)/C(=C/c1ccccc1F)NC(=O)c1ccccc1.